The van der Waals surface area contributed by atoms with Crippen molar-refractivity contribution in [3.63, 3.8) is 0 Å². The Morgan fingerprint density at radius 1 is 0.385 bits per heavy atom. The molecule has 5 nitrogen and oxygen atoms in total. The molecule has 0 aliphatic heterocycles. The molecular formula is C47H28N4O. The number of fused-ring (bicyclic) bond motifs is 9. The van der Waals surface area contributed by atoms with E-state index in [1.165, 1.54) is 21.5 Å². The van der Waals surface area contributed by atoms with Crippen LogP contribution in [0.5, 0.6) is 0 Å². The zero-order valence-electron chi connectivity index (χ0n) is 27.9. The van der Waals surface area contributed by atoms with Gasteiger partial charge in [0.15, 0.2) is 17.5 Å². The zero-order valence-corrected chi connectivity index (χ0v) is 27.9. The lowest BCUT2D eigenvalue weighted by Gasteiger charge is -2.13. The summed E-state index contributed by atoms with van der Waals surface area (Å²) in [5.74, 6) is 1.77. The van der Waals surface area contributed by atoms with Crippen molar-refractivity contribution in [1.29, 1.82) is 0 Å². The molecule has 3 heterocycles. The van der Waals surface area contributed by atoms with Crippen LogP contribution < -0.4 is 0 Å². The molecule has 0 radical (unpaired) electrons. The lowest BCUT2D eigenvalue weighted by molar-refractivity contribution is 0.673. The normalized spacial score (nSPS) is 11.8. The lowest BCUT2D eigenvalue weighted by atomic mass is 10.0. The number of para-hydroxylation sites is 1. The van der Waals surface area contributed by atoms with Crippen LogP contribution in [0, 0.1) is 0 Å². The Morgan fingerprint density at radius 3 is 1.71 bits per heavy atom. The van der Waals surface area contributed by atoms with E-state index in [4.69, 9.17) is 19.4 Å². The van der Waals surface area contributed by atoms with Crippen LogP contribution in [0.25, 0.3) is 105 Å². The van der Waals surface area contributed by atoms with Gasteiger partial charge < -0.3 is 8.98 Å². The molecule has 5 heteroatoms. The third kappa shape index (κ3) is 4.33. The van der Waals surface area contributed by atoms with Crippen LogP contribution in [0.4, 0.5) is 0 Å². The van der Waals surface area contributed by atoms with Crippen LogP contribution in [0.15, 0.2) is 174 Å². The molecular weight excluding hydrogens is 637 g/mol. The van der Waals surface area contributed by atoms with Gasteiger partial charge in [0.25, 0.3) is 0 Å². The van der Waals surface area contributed by atoms with Crippen molar-refractivity contribution in [2.24, 2.45) is 0 Å². The van der Waals surface area contributed by atoms with Crippen molar-refractivity contribution in [3.8, 4) is 39.9 Å². The van der Waals surface area contributed by atoms with Gasteiger partial charge in [-0.25, -0.2) is 15.0 Å². The second kappa shape index (κ2) is 11.2. The molecule has 11 aromatic rings. The molecule has 0 atom stereocenters. The highest BCUT2D eigenvalue weighted by atomic mass is 16.3. The average molecular weight is 665 g/mol. The van der Waals surface area contributed by atoms with Crippen LogP contribution in [-0.4, -0.2) is 19.5 Å². The van der Waals surface area contributed by atoms with Gasteiger partial charge in [0.05, 0.1) is 27.7 Å². The Balaban J connectivity index is 1.27. The molecule has 0 fully saturated rings. The molecule has 11 rings (SSSR count). The van der Waals surface area contributed by atoms with Gasteiger partial charge in [-0.05, 0) is 52.6 Å². The van der Waals surface area contributed by atoms with Gasteiger partial charge in [0.1, 0.15) is 11.2 Å². The number of hydrogen-bond acceptors (Lipinski definition) is 4. The summed E-state index contributed by atoms with van der Waals surface area (Å²) in [7, 11) is 0. The molecule has 3 aromatic heterocycles. The smallest absolute Gasteiger partial charge is 0.167 e. The van der Waals surface area contributed by atoms with E-state index in [0.717, 1.165) is 66.1 Å². The molecule has 0 saturated carbocycles. The summed E-state index contributed by atoms with van der Waals surface area (Å²) in [4.78, 5) is 15.2. The van der Waals surface area contributed by atoms with Gasteiger partial charge in [0.2, 0.25) is 0 Å². The summed E-state index contributed by atoms with van der Waals surface area (Å²) in [5, 5.41) is 9.07. The van der Waals surface area contributed by atoms with Crippen molar-refractivity contribution in [1.82, 2.24) is 19.5 Å². The van der Waals surface area contributed by atoms with Crippen LogP contribution >= 0.6 is 0 Å². The fourth-order valence-corrected chi connectivity index (χ4v) is 7.80. The van der Waals surface area contributed by atoms with E-state index in [2.05, 4.69) is 114 Å². The molecule has 8 aromatic carbocycles. The molecule has 0 saturated heterocycles. The quantitative estimate of drug-likeness (QED) is 0.188. The molecule has 0 spiro atoms. The fraction of sp³-hybridized carbons (Fsp3) is 0. The first-order valence-corrected chi connectivity index (χ1v) is 17.5. The predicted molar refractivity (Wildman–Crippen MR) is 213 cm³/mol. The third-order valence-corrected chi connectivity index (χ3v) is 10.2. The van der Waals surface area contributed by atoms with E-state index in [0.29, 0.717) is 17.5 Å². The lowest BCUT2D eigenvalue weighted by Crippen LogP contribution is -2.01. The first kappa shape index (κ1) is 28.7. The topological polar surface area (TPSA) is 56.7 Å². The Morgan fingerprint density at radius 2 is 0.981 bits per heavy atom. The number of nitrogens with zero attached hydrogens (tertiary/aromatic N) is 4. The maximum absolute atomic E-state index is 7.06. The number of rotatable bonds is 4. The number of aromatic nitrogens is 4. The Kier molecular flexibility index (Phi) is 6.18. The first-order chi connectivity index (χ1) is 25.8. The van der Waals surface area contributed by atoms with Gasteiger partial charge >= 0.3 is 0 Å². The maximum Gasteiger partial charge on any atom is 0.167 e. The van der Waals surface area contributed by atoms with E-state index in [1.807, 2.05) is 60.7 Å². The minimum atomic E-state index is 0.556. The highest BCUT2D eigenvalue weighted by Gasteiger charge is 2.24. The average Bonchev–Trinajstić information content (AvgIpc) is 3.77. The van der Waals surface area contributed by atoms with Crippen LogP contribution in [0.1, 0.15) is 0 Å². The second-order valence-electron chi connectivity index (χ2n) is 13.2. The van der Waals surface area contributed by atoms with Crippen molar-refractivity contribution in [2.45, 2.75) is 0 Å². The van der Waals surface area contributed by atoms with E-state index >= 15 is 0 Å². The van der Waals surface area contributed by atoms with Gasteiger partial charge in [-0.3, -0.25) is 0 Å². The molecule has 0 amide bonds. The molecule has 0 N–H and O–H groups in total. The molecule has 52 heavy (non-hydrogen) atoms. The highest BCUT2D eigenvalue weighted by molar-refractivity contribution is 6.21. The van der Waals surface area contributed by atoms with Crippen molar-refractivity contribution >= 4 is 65.3 Å². The Hall–Kier alpha value is -7.11. The van der Waals surface area contributed by atoms with Gasteiger partial charge in [-0.1, -0.05) is 133 Å². The Labute approximate surface area is 298 Å². The molecule has 0 aliphatic rings. The summed E-state index contributed by atoms with van der Waals surface area (Å²) in [5.41, 5.74) is 7.54. The second-order valence-corrected chi connectivity index (χ2v) is 13.2. The number of furan rings is 1. The van der Waals surface area contributed by atoms with Gasteiger partial charge in [0, 0.05) is 32.7 Å². The van der Waals surface area contributed by atoms with E-state index in [9.17, 15) is 0 Å². The predicted octanol–water partition coefficient (Wildman–Crippen LogP) is 12.2. The molecule has 0 bridgehead atoms. The summed E-state index contributed by atoms with van der Waals surface area (Å²) in [6, 6.07) is 59.1. The fourth-order valence-electron chi connectivity index (χ4n) is 7.80. The monoisotopic (exact) mass is 664 g/mol. The van der Waals surface area contributed by atoms with Gasteiger partial charge in [-0.15, -0.1) is 0 Å². The SMILES string of the molecule is c1ccc(-c2nc(-c3ccccc3)nc(-c3ccc(-n4c5ccccc5c5cc6ccccc6cc54)c4c3oc3c5ccccc5ccc34)n2)cc1. The van der Waals surface area contributed by atoms with Crippen LogP contribution in [0.3, 0.4) is 0 Å². The minimum Gasteiger partial charge on any atom is -0.455 e. The standard InChI is InChI=1S/C47H28N4O/c1-3-14-30(15-4-1)45-48-46(31-16-5-2-6-17-31)50-47(49-45)37-25-26-40(42-36-24-23-29-13-9-10-20-34(29)43(36)52-44(37)42)51-39-22-12-11-21-35(39)38-27-32-18-7-8-19-33(32)28-41(38)51/h1-28H. The highest BCUT2D eigenvalue weighted by Crippen LogP contribution is 2.44. The molecule has 0 unspecified atom stereocenters. The Bertz CT molecular complexity index is 3120. The third-order valence-electron chi connectivity index (χ3n) is 10.2. The summed E-state index contributed by atoms with van der Waals surface area (Å²) >= 11 is 0. The van der Waals surface area contributed by atoms with Crippen molar-refractivity contribution in [2.75, 3.05) is 0 Å². The van der Waals surface area contributed by atoms with E-state index in [1.54, 1.807) is 0 Å². The largest absolute Gasteiger partial charge is 0.455 e. The number of benzene rings is 8. The minimum absolute atomic E-state index is 0.556. The maximum atomic E-state index is 7.06. The molecule has 0 aliphatic carbocycles. The van der Waals surface area contributed by atoms with Crippen molar-refractivity contribution < 1.29 is 4.42 Å². The van der Waals surface area contributed by atoms with Crippen LogP contribution in [0.2, 0.25) is 0 Å². The summed E-state index contributed by atoms with van der Waals surface area (Å²) in [6.07, 6.45) is 0. The van der Waals surface area contributed by atoms with Crippen molar-refractivity contribution in [3.05, 3.63) is 170 Å². The zero-order chi connectivity index (χ0) is 34.2. The van der Waals surface area contributed by atoms with Crippen LogP contribution in [-0.2, 0) is 0 Å². The van der Waals surface area contributed by atoms with E-state index < -0.39 is 0 Å². The van der Waals surface area contributed by atoms with Gasteiger partial charge in [-0.2, -0.15) is 0 Å². The molecule has 242 valence electrons. The number of hydrogen-bond donors (Lipinski definition) is 0. The summed E-state index contributed by atoms with van der Waals surface area (Å²) < 4.78 is 9.46. The van der Waals surface area contributed by atoms with E-state index in [-0.39, 0.29) is 0 Å². The summed E-state index contributed by atoms with van der Waals surface area (Å²) in [6.45, 7) is 0. The first-order valence-electron chi connectivity index (χ1n) is 17.5.